The summed E-state index contributed by atoms with van der Waals surface area (Å²) in [6, 6.07) is 7.02. The van der Waals surface area contributed by atoms with Gasteiger partial charge in [0, 0.05) is 16.2 Å². The van der Waals surface area contributed by atoms with Gasteiger partial charge in [-0.3, -0.25) is 4.79 Å². The van der Waals surface area contributed by atoms with Gasteiger partial charge in [-0.15, -0.1) is 5.10 Å². The fourth-order valence-corrected chi connectivity index (χ4v) is 0.903. The summed E-state index contributed by atoms with van der Waals surface area (Å²) in [5.41, 5.74) is 11.6. The Balaban J connectivity index is 2.81. The molecule has 0 aliphatic rings. The molecule has 0 heterocycles. The summed E-state index contributed by atoms with van der Waals surface area (Å²) in [4.78, 5) is 10.4. The number of aldehydes is 1. The Morgan fingerprint density at radius 3 is 2.71 bits per heavy atom. The number of nitrogens with one attached hydrogen (secondary N) is 1. The molecule has 0 bridgehead atoms. The van der Waals surface area contributed by atoms with Gasteiger partial charge in [-0.2, -0.15) is 0 Å². The average Bonchev–Trinajstić information content (AvgIpc) is 2.18. The molecule has 5 nitrogen and oxygen atoms in total. The van der Waals surface area contributed by atoms with E-state index in [1.165, 1.54) is 0 Å². The first kappa shape index (κ1) is 9.91. The fourth-order valence-electron chi connectivity index (χ4n) is 0.903. The Hall–Kier alpha value is -2.17. The number of nitrogens with two attached hydrogens (primary N) is 2. The predicted octanol–water partition coefficient (Wildman–Crippen LogP) is -1.81. The lowest BCUT2D eigenvalue weighted by molar-refractivity contribution is -0.456. The largest absolute Gasteiger partial charge is 0.365 e. The van der Waals surface area contributed by atoms with Crippen LogP contribution in [0.5, 0.6) is 0 Å². The summed E-state index contributed by atoms with van der Waals surface area (Å²) in [7, 11) is 0. The van der Waals surface area contributed by atoms with Gasteiger partial charge in [-0.1, -0.05) is 12.1 Å². The van der Waals surface area contributed by atoms with Crippen LogP contribution in [0.2, 0.25) is 0 Å². The number of benzene rings is 1. The van der Waals surface area contributed by atoms with Crippen molar-refractivity contribution in [1.29, 1.82) is 0 Å². The Bertz CT molecular complexity index is 380. The van der Waals surface area contributed by atoms with E-state index in [0.717, 1.165) is 11.8 Å². The summed E-state index contributed by atoms with van der Waals surface area (Å²) in [5.74, 6) is -0.0483. The van der Waals surface area contributed by atoms with E-state index in [-0.39, 0.29) is 5.96 Å². The summed E-state index contributed by atoms with van der Waals surface area (Å²) in [6.07, 6.45) is 2.37. The van der Waals surface area contributed by atoms with Gasteiger partial charge in [0.25, 0.3) is 5.96 Å². The molecule has 0 amide bonds. The third kappa shape index (κ3) is 3.06. The summed E-state index contributed by atoms with van der Waals surface area (Å²) >= 11 is 0. The van der Waals surface area contributed by atoms with E-state index in [2.05, 4.69) is 10.2 Å². The molecule has 0 saturated carbocycles. The smallest absolute Gasteiger partial charge is 0.256 e. The third-order valence-corrected chi connectivity index (χ3v) is 1.47. The first-order chi connectivity index (χ1) is 6.72. The van der Waals surface area contributed by atoms with Crippen LogP contribution in [0.15, 0.2) is 29.4 Å². The zero-order chi connectivity index (χ0) is 10.4. The first-order valence-corrected chi connectivity index (χ1v) is 3.95. The maximum absolute atomic E-state index is 10.4. The predicted molar refractivity (Wildman–Crippen MR) is 53.8 cm³/mol. The van der Waals surface area contributed by atoms with Crippen molar-refractivity contribution in [1.82, 2.24) is 0 Å². The van der Waals surface area contributed by atoms with E-state index in [1.54, 1.807) is 24.4 Å². The van der Waals surface area contributed by atoms with Crippen molar-refractivity contribution in [2.24, 2.45) is 16.6 Å². The van der Waals surface area contributed by atoms with Crippen LogP contribution in [-0.2, 0) is 0 Å². The topological polar surface area (TPSA) is 95.4 Å². The SMILES string of the molecule is NC(N)=N[NH+]=Cc1cccc(C=O)c1. The van der Waals surface area contributed by atoms with Crippen molar-refractivity contribution < 1.29 is 9.90 Å². The Morgan fingerprint density at radius 2 is 2.07 bits per heavy atom. The molecule has 0 atom stereocenters. The van der Waals surface area contributed by atoms with Crippen LogP contribution in [0.3, 0.4) is 0 Å². The monoisotopic (exact) mass is 191 g/mol. The summed E-state index contributed by atoms with van der Waals surface area (Å²) in [5, 5.41) is 6.10. The minimum atomic E-state index is -0.0483. The third-order valence-electron chi connectivity index (χ3n) is 1.47. The van der Waals surface area contributed by atoms with Crippen molar-refractivity contribution in [2.75, 3.05) is 0 Å². The molecule has 1 rings (SSSR count). The number of carbonyl (C=O) groups excluding carboxylic acids is 1. The fraction of sp³-hybridized carbons (Fsp3) is 0. The second kappa shape index (κ2) is 4.76. The lowest BCUT2D eigenvalue weighted by Crippen LogP contribution is -2.63. The Labute approximate surface area is 81.1 Å². The van der Waals surface area contributed by atoms with Crippen molar-refractivity contribution in [3.05, 3.63) is 35.4 Å². The molecule has 0 aliphatic carbocycles. The van der Waals surface area contributed by atoms with E-state index in [9.17, 15) is 4.79 Å². The molecular weight excluding hydrogens is 180 g/mol. The Morgan fingerprint density at radius 1 is 1.36 bits per heavy atom. The number of hydrogen-bond acceptors (Lipinski definition) is 2. The molecule has 72 valence electrons. The first-order valence-electron chi connectivity index (χ1n) is 3.95. The van der Waals surface area contributed by atoms with Gasteiger partial charge in [0.15, 0.2) is 0 Å². The minimum Gasteiger partial charge on any atom is -0.365 e. The minimum absolute atomic E-state index is 0.0483. The van der Waals surface area contributed by atoms with E-state index < -0.39 is 0 Å². The van der Waals surface area contributed by atoms with Gasteiger partial charge in [-0.05, 0) is 12.1 Å². The molecule has 0 saturated heterocycles. The lowest BCUT2D eigenvalue weighted by Gasteiger charge is -1.89. The molecule has 0 unspecified atom stereocenters. The molecule has 5 heteroatoms. The summed E-state index contributed by atoms with van der Waals surface area (Å²) < 4.78 is 0. The normalized spacial score (nSPS) is 10.0. The highest BCUT2D eigenvalue weighted by atomic mass is 16.1. The molecule has 14 heavy (non-hydrogen) atoms. The van der Waals surface area contributed by atoms with Crippen LogP contribution in [0.1, 0.15) is 15.9 Å². The van der Waals surface area contributed by atoms with E-state index >= 15 is 0 Å². The zero-order valence-corrected chi connectivity index (χ0v) is 7.47. The van der Waals surface area contributed by atoms with Crippen molar-refractivity contribution in [3.63, 3.8) is 0 Å². The van der Waals surface area contributed by atoms with Crippen LogP contribution in [0, 0.1) is 0 Å². The van der Waals surface area contributed by atoms with Crippen LogP contribution >= 0.6 is 0 Å². The highest BCUT2D eigenvalue weighted by Gasteiger charge is 1.93. The van der Waals surface area contributed by atoms with E-state index in [1.807, 2.05) is 6.07 Å². The van der Waals surface area contributed by atoms with E-state index in [0.29, 0.717) is 5.56 Å². The molecule has 0 aliphatic heterocycles. The average molecular weight is 191 g/mol. The van der Waals surface area contributed by atoms with Crippen LogP contribution in [-0.4, -0.2) is 18.5 Å². The van der Waals surface area contributed by atoms with Gasteiger partial charge in [-0.25, -0.2) is 0 Å². The Kier molecular flexibility index (Phi) is 3.37. The second-order valence-electron chi connectivity index (χ2n) is 2.60. The number of guanidine groups is 1. The van der Waals surface area contributed by atoms with Crippen LogP contribution < -0.4 is 16.6 Å². The second-order valence-corrected chi connectivity index (χ2v) is 2.60. The maximum atomic E-state index is 10.4. The molecule has 0 spiro atoms. The standard InChI is InChI=1S/C9H10N4O/c10-9(11)13-12-5-7-2-1-3-8(4-7)6-14/h1-6H,(H4,10,11,13)/p+1. The van der Waals surface area contributed by atoms with Gasteiger partial charge < -0.3 is 11.5 Å². The van der Waals surface area contributed by atoms with Gasteiger partial charge in [0.1, 0.15) is 6.29 Å². The molecule has 0 radical (unpaired) electrons. The van der Waals surface area contributed by atoms with Crippen molar-refractivity contribution >= 4 is 18.5 Å². The maximum Gasteiger partial charge on any atom is 0.256 e. The van der Waals surface area contributed by atoms with Crippen LogP contribution in [0.4, 0.5) is 0 Å². The van der Waals surface area contributed by atoms with Gasteiger partial charge >= 0.3 is 0 Å². The lowest BCUT2D eigenvalue weighted by atomic mass is 10.1. The van der Waals surface area contributed by atoms with Crippen molar-refractivity contribution in [2.45, 2.75) is 0 Å². The van der Waals surface area contributed by atoms with Gasteiger partial charge in [0.2, 0.25) is 6.21 Å². The van der Waals surface area contributed by atoms with Crippen LogP contribution in [0.25, 0.3) is 0 Å². The molecule has 5 N–H and O–H groups in total. The summed E-state index contributed by atoms with van der Waals surface area (Å²) in [6.45, 7) is 0. The molecular formula is C9H11N4O+. The quantitative estimate of drug-likeness (QED) is 0.227. The molecule has 0 fully saturated rings. The number of hydrazone groups is 1. The van der Waals surface area contributed by atoms with E-state index in [4.69, 9.17) is 11.5 Å². The molecule has 1 aromatic carbocycles. The molecule has 1 aromatic rings. The van der Waals surface area contributed by atoms with Gasteiger partial charge in [0.05, 0.1) is 0 Å². The number of rotatable bonds is 3. The number of carbonyl (C=O) groups is 1. The highest BCUT2D eigenvalue weighted by Crippen LogP contribution is 1.98. The number of nitrogens with zero attached hydrogens (tertiary/aromatic N) is 1. The number of hydrogen-bond donors (Lipinski definition) is 3. The molecule has 0 aromatic heterocycles. The van der Waals surface area contributed by atoms with Crippen molar-refractivity contribution in [3.8, 4) is 0 Å². The highest BCUT2D eigenvalue weighted by molar-refractivity contribution is 5.82. The zero-order valence-electron chi connectivity index (χ0n) is 7.47.